The molecule has 2 fully saturated rings. The molecule has 110 valence electrons. The highest BCUT2D eigenvalue weighted by atomic mass is 35.5. The molecule has 0 bridgehead atoms. The second-order valence-electron chi connectivity index (χ2n) is 6.06. The number of nitrogens with zero attached hydrogens (tertiary/aromatic N) is 1. The standard InChI is InChI=1S/C16H22ClFN2/c17-12-6-7-13(14(18)9-12)16(10-19)20-8-2-4-11-3-1-5-15(11)20/h6-7,9,11,15-16H,1-5,8,10,19H2. The predicted octanol–water partition coefficient (Wildman–Crippen LogP) is 3.74. The summed E-state index contributed by atoms with van der Waals surface area (Å²) in [6, 6.07) is 5.53. The third-order valence-electron chi connectivity index (χ3n) is 4.98. The first-order valence-electron chi connectivity index (χ1n) is 7.61. The van der Waals surface area contributed by atoms with Crippen molar-refractivity contribution >= 4 is 11.6 Å². The minimum Gasteiger partial charge on any atom is -0.329 e. The van der Waals surface area contributed by atoms with Gasteiger partial charge in [-0.15, -0.1) is 0 Å². The molecule has 3 atom stereocenters. The second kappa shape index (κ2) is 6.00. The van der Waals surface area contributed by atoms with Gasteiger partial charge in [0.2, 0.25) is 0 Å². The summed E-state index contributed by atoms with van der Waals surface area (Å²) < 4.78 is 14.2. The number of piperidine rings is 1. The molecule has 1 aromatic rings. The van der Waals surface area contributed by atoms with Crippen molar-refractivity contribution in [1.82, 2.24) is 4.90 Å². The Kier molecular flexibility index (Phi) is 4.29. The fourth-order valence-corrected chi connectivity index (χ4v) is 4.25. The molecule has 20 heavy (non-hydrogen) atoms. The van der Waals surface area contributed by atoms with E-state index in [-0.39, 0.29) is 11.9 Å². The highest BCUT2D eigenvalue weighted by Gasteiger charge is 2.38. The average Bonchev–Trinajstić information content (AvgIpc) is 2.91. The van der Waals surface area contributed by atoms with Gasteiger partial charge in [-0.3, -0.25) is 4.90 Å². The molecule has 1 aliphatic carbocycles. The van der Waals surface area contributed by atoms with Gasteiger partial charge >= 0.3 is 0 Å². The summed E-state index contributed by atoms with van der Waals surface area (Å²) in [6.07, 6.45) is 6.37. The normalized spacial score (nSPS) is 28.4. The summed E-state index contributed by atoms with van der Waals surface area (Å²) >= 11 is 5.85. The van der Waals surface area contributed by atoms with Crippen LogP contribution in [0.4, 0.5) is 4.39 Å². The zero-order valence-electron chi connectivity index (χ0n) is 11.7. The quantitative estimate of drug-likeness (QED) is 0.920. The Morgan fingerprint density at radius 2 is 2.10 bits per heavy atom. The van der Waals surface area contributed by atoms with Crippen LogP contribution in [0.3, 0.4) is 0 Å². The summed E-state index contributed by atoms with van der Waals surface area (Å²) in [5, 5.41) is 0.444. The van der Waals surface area contributed by atoms with E-state index in [0.29, 0.717) is 23.2 Å². The average molecular weight is 297 g/mol. The van der Waals surface area contributed by atoms with Gasteiger partial charge in [-0.25, -0.2) is 4.39 Å². The molecule has 2 nitrogen and oxygen atoms in total. The maximum atomic E-state index is 14.2. The van der Waals surface area contributed by atoms with E-state index in [2.05, 4.69) is 4.90 Å². The van der Waals surface area contributed by atoms with Crippen LogP contribution in [0.1, 0.15) is 43.7 Å². The fraction of sp³-hybridized carbons (Fsp3) is 0.625. The molecule has 0 spiro atoms. The van der Waals surface area contributed by atoms with E-state index in [1.54, 1.807) is 12.1 Å². The topological polar surface area (TPSA) is 29.3 Å². The fourth-order valence-electron chi connectivity index (χ4n) is 4.09. The minimum absolute atomic E-state index is 0.0156. The van der Waals surface area contributed by atoms with E-state index in [1.807, 2.05) is 0 Å². The summed E-state index contributed by atoms with van der Waals surface area (Å²) in [7, 11) is 0. The van der Waals surface area contributed by atoms with Gasteiger partial charge in [-0.1, -0.05) is 24.1 Å². The molecule has 1 heterocycles. The summed E-state index contributed by atoms with van der Waals surface area (Å²) in [4.78, 5) is 2.45. The molecule has 2 aliphatic rings. The van der Waals surface area contributed by atoms with E-state index in [4.69, 9.17) is 17.3 Å². The lowest BCUT2D eigenvalue weighted by Gasteiger charge is -2.42. The van der Waals surface area contributed by atoms with Crippen molar-refractivity contribution in [2.45, 2.75) is 44.2 Å². The highest BCUT2D eigenvalue weighted by molar-refractivity contribution is 6.30. The van der Waals surface area contributed by atoms with Crippen molar-refractivity contribution in [3.63, 3.8) is 0 Å². The number of halogens is 2. The van der Waals surface area contributed by atoms with Crippen LogP contribution in [0.15, 0.2) is 18.2 Å². The van der Waals surface area contributed by atoms with Gasteiger partial charge in [0.05, 0.1) is 6.04 Å². The number of fused-ring (bicyclic) bond motifs is 1. The molecule has 1 saturated heterocycles. The maximum Gasteiger partial charge on any atom is 0.129 e. The molecule has 4 heteroatoms. The summed E-state index contributed by atoms with van der Waals surface area (Å²) in [5.41, 5.74) is 6.68. The van der Waals surface area contributed by atoms with Crippen LogP contribution in [0.2, 0.25) is 5.02 Å². The van der Waals surface area contributed by atoms with Crippen LogP contribution in [0.25, 0.3) is 0 Å². The Labute approximate surface area is 125 Å². The zero-order valence-corrected chi connectivity index (χ0v) is 12.5. The molecular weight excluding hydrogens is 275 g/mol. The number of likely N-dealkylation sites (tertiary alicyclic amines) is 1. The summed E-state index contributed by atoms with van der Waals surface area (Å²) in [6.45, 7) is 1.49. The van der Waals surface area contributed by atoms with Crippen molar-refractivity contribution in [2.24, 2.45) is 11.7 Å². The summed E-state index contributed by atoms with van der Waals surface area (Å²) in [5.74, 6) is 0.557. The number of rotatable bonds is 3. The SMILES string of the molecule is NCC(c1ccc(Cl)cc1F)N1CCCC2CCCC21. The van der Waals surface area contributed by atoms with E-state index in [0.717, 1.165) is 12.5 Å². The lowest BCUT2D eigenvalue weighted by Crippen LogP contribution is -2.47. The molecule has 0 radical (unpaired) electrons. The van der Waals surface area contributed by atoms with Crippen LogP contribution in [0, 0.1) is 11.7 Å². The van der Waals surface area contributed by atoms with Crippen molar-refractivity contribution in [2.75, 3.05) is 13.1 Å². The van der Waals surface area contributed by atoms with E-state index in [9.17, 15) is 4.39 Å². The van der Waals surface area contributed by atoms with Crippen LogP contribution in [-0.4, -0.2) is 24.0 Å². The first-order valence-corrected chi connectivity index (χ1v) is 7.99. The Morgan fingerprint density at radius 3 is 2.85 bits per heavy atom. The number of benzene rings is 1. The van der Waals surface area contributed by atoms with Gasteiger partial charge < -0.3 is 5.73 Å². The van der Waals surface area contributed by atoms with Gasteiger partial charge in [0.25, 0.3) is 0 Å². The van der Waals surface area contributed by atoms with E-state index in [1.165, 1.54) is 38.2 Å². The first-order chi connectivity index (χ1) is 9.70. The minimum atomic E-state index is -0.229. The molecule has 3 rings (SSSR count). The van der Waals surface area contributed by atoms with Crippen molar-refractivity contribution in [1.29, 1.82) is 0 Å². The molecule has 2 N–H and O–H groups in total. The van der Waals surface area contributed by atoms with Crippen molar-refractivity contribution in [3.8, 4) is 0 Å². The predicted molar refractivity (Wildman–Crippen MR) is 80.3 cm³/mol. The van der Waals surface area contributed by atoms with Crippen LogP contribution >= 0.6 is 11.6 Å². The van der Waals surface area contributed by atoms with Gasteiger partial charge in [0, 0.05) is 23.2 Å². The maximum absolute atomic E-state index is 14.2. The zero-order chi connectivity index (χ0) is 14.1. The molecule has 1 aromatic carbocycles. The molecule has 3 unspecified atom stereocenters. The smallest absolute Gasteiger partial charge is 0.129 e. The molecule has 1 saturated carbocycles. The number of nitrogens with two attached hydrogens (primary N) is 1. The third-order valence-corrected chi connectivity index (χ3v) is 5.22. The van der Waals surface area contributed by atoms with Gasteiger partial charge in [-0.05, 0) is 50.3 Å². The van der Waals surface area contributed by atoms with Gasteiger partial charge in [-0.2, -0.15) is 0 Å². The molecule has 1 aliphatic heterocycles. The van der Waals surface area contributed by atoms with E-state index < -0.39 is 0 Å². The highest BCUT2D eigenvalue weighted by Crippen LogP contribution is 2.41. The van der Waals surface area contributed by atoms with E-state index >= 15 is 0 Å². The van der Waals surface area contributed by atoms with Gasteiger partial charge in [0.1, 0.15) is 5.82 Å². The molecule has 0 aromatic heterocycles. The largest absolute Gasteiger partial charge is 0.329 e. The van der Waals surface area contributed by atoms with Crippen molar-refractivity contribution in [3.05, 3.63) is 34.6 Å². The first kappa shape index (κ1) is 14.3. The Hall–Kier alpha value is -0.640. The Balaban J connectivity index is 1.88. The monoisotopic (exact) mass is 296 g/mol. The van der Waals surface area contributed by atoms with Crippen LogP contribution in [0.5, 0.6) is 0 Å². The number of hydrogen-bond acceptors (Lipinski definition) is 2. The molecular formula is C16H22ClFN2. The Bertz CT molecular complexity index is 480. The number of hydrogen-bond donors (Lipinski definition) is 1. The van der Waals surface area contributed by atoms with Crippen LogP contribution < -0.4 is 5.73 Å². The van der Waals surface area contributed by atoms with Crippen LogP contribution in [-0.2, 0) is 0 Å². The second-order valence-corrected chi connectivity index (χ2v) is 6.49. The molecule has 0 amide bonds. The third kappa shape index (κ3) is 2.59. The Morgan fingerprint density at radius 1 is 1.30 bits per heavy atom. The van der Waals surface area contributed by atoms with Gasteiger partial charge in [0.15, 0.2) is 0 Å². The lowest BCUT2D eigenvalue weighted by atomic mass is 9.89. The van der Waals surface area contributed by atoms with Crippen molar-refractivity contribution < 1.29 is 4.39 Å². The lowest BCUT2D eigenvalue weighted by molar-refractivity contribution is 0.0686.